The van der Waals surface area contributed by atoms with Gasteiger partial charge in [-0.2, -0.15) is 13.8 Å². The zero-order valence-electron chi connectivity index (χ0n) is 10.6. The third kappa shape index (κ3) is 3.22. The molecule has 0 aliphatic heterocycles. The number of aromatic nitrogens is 1. The lowest BCUT2D eigenvalue weighted by molar-refractivity contribution is 0.102. The molecular weight excluding hydrogens is 325 g/mol. The van der Waals surface area contributed by atoms with Crippen LogP contribution in [-0.2, 0) is 0 Å². The number of benzene rings is 1. The highest BCUT2D eigenvalue weighted by Crippen LogP contribution is 2.33. The van der Waals surface area contributed by atoms with Crippen molar-refractivity contribution in [3.63, 3.8) is 0 Å². The average Bonchev–Trinajstić information content (AvgIpc) is 2.49. The average molecular weight is 333 g/mol. The summed E-state index contributed by atoms with van der Waals surface area (Å²) in [6.45, 7) is 0. The Morgan fingerprint density at radius 3 is 2.14 bits per heavy atom. The first-order valence-corrected chi connectivity index (χ1v) is 6.35. The molecule has 0 atom stereocenters. The van der Waals surface area contributed by atoms with Crippen LogP contribution in [0, 0.1) is 11.9 Å². The Bertz CT molecular complexity index is 667. The molecule has 2 aromatic rings. The van der Waals surface area contributed by atoms with Gasteiger partial charge in [-0.05, 0) is 24.3 Å². The molecule has 0 radical (unpaired) electrons. The minimum atomic E-state index is -1.26. The fourth-order valence-electron chi connectivity index (χ4n) is 1.52. The normalized spacial score (nSPS) is 10.3. The van der Waals surface area contributed by atoms with E-state index < -0.39 is 27.8 Å². The zero-order chi connectivity index (χ0) is 15.6. The fourth-order valence-corrected chi connectivity index (χ4v) is 1.94. The van der Waals surface area contributed by atoms with E-state index in [-0.39, 0.29) is 11.3 Å². The first-order chi connectivity index (χ1) is 9.93. The van der Waals surface area contributed by atoms with E-state index in [0.29, 0.717) is 5.75 Å². The summed E-state index contributed by atoms with van der Waals surface area (Å²) in [5, 5.41) is 1.12. The van der Waals surface area contributed by atoms with Crippen molar-refractivity contribution in [2.45, 2.75) is 0 Å². The van der Waals surface area contributed by atoms with Crippen molar-refractivity contribution < 1.29 is 18.3 Å². The van der Waals surface area contributed by atoms with Crippen LogP contribution in [0.5, 0.6) is 5.75 Å². The van der Waals surface area contributed by atoms with E-state index in [0.717, 1.165) is 0 Å². The quantitative estimate of drug-likeness (QED) is 0.866. The summed E-state index contributed by atoms with van der Waals surface area (Å²) in [6, 6.07) is 6.07. The van der Waals surface area contributed by atoms with Crippen LogP contribution in [0.3, 0.4) is 0 Å². The number of carbonyl (C=O) groups is 1. The van der Waals surface area contributed by atoms with Gasteiger partial charge in [-0.15, -0.1) is 0 Å². The Hall–Kier alpha value is -1.92. The van der Waals surface area contributed by atoms with Crippen LogP contribution < -0.4 is 10.1 Å². The number of pyridine rings is 1. The largest absolute Gasteiger partial charge is 0.497 e. The monoisotopic (exact) mass is 332 g/mol. The van der Waals surface area contributed by atoms with Gasteiger partial charge >= 0.3 is 0 Å². The van der Waals surface area contributed by atoms with Crippen LogP contribution in [0.15, 0.2) is 24.3 Å². The summed E-state index contributed by atoms with van der Waals surface area (Å²) in [6.07, 6.45) is 0. The minimum Gasteiger partial charge on any atom is -0.497 e. The molecule has 4 nitrogen and oxygen atoms in total. The van der Waals surface area contributed by atoms with E-state index in [1.807, 2.05) is 0 Å². The van der Waals surface area contributed by atoms with Gasteiger partial charge in [0.15, 0.2) is 0 Å². The van der Waals surface area contributed by atoms with Gasteiger partial charge in [-0.25, -0.2) is 0 Å². The smallest absolute Gasteiger partial charge is 0.255 e. The van der Waals surface area contributed by atoms with Crippen LogP contribution in [0.4, 0.5) is 14.5 Å². The number of rotatable bonds is 3. The molecular formula is C13H8Cl2F2N2O2. The van der Waals surface area contributed by atoms with Crippen LogP contribution in [0.1, 0.15) is 10.4 Å². The predicted octanol–water partition coefficient (Wildman–Crippen LogP) is 3.93. The van der Waals surface area contributed by atoms with Crippen LogP contribution in [-0.4, -0.2) is 18.0 Å². The van der Waals surface area contributed by atoms with Crippen molar-refractivity contribution in [1.82, 2.24) is 4.98 Å². The molecule has 0 saturated carbocycles. The van der Waals surface area contributed by atoms with Gasteiger partial charge < -0.3 is 10.1 Å². The second-order valence-corrected chi connectivity index (χ2v) is 4.63. The lowest BCUT2D eigenvalue weighted by Gasteiger charge is -2.10. The van der Waals surface area contributed by atoms with E-state index >= 15 is 0 Å². The van der Waals surface area contributed by atoms with Crippen LogP contribution >= 0.6 is 23.2 Å². The van der Waals surface area contributed by atoms with Gasteiger partial charge in [-0.3, -0.25) is 4.79 Å². The minimum absolute atomic E-state index is 0.237. The summed E-state index contributed by atoms with van der Waals surface area (Å²) in [4.78, 5) is 14.9. The maximum absolute atomic E-state index is 13.3. The number of anilines is 1. The Kier molecular flexibility index (Phi) is 4.59. The van der Waals surface area contributed by atoms with Gasteiger partial charge in [0, 0.05) is 5.56 Å². The van der Waals surface area contributed by atoms with E-state index in [2.05, 4.69) is 10.3 Å². The molecule has 0 fully saturated rings. The SMILES string of the molecule is COc1ccc(C(=O)Nc2c(Cl)c(F)nc(F)c2Cl)cc1. The van der Waals surface area contributed by atoms with Crippen LogP contribution in [0.25, 0.3) is 0 Å². The molecule has 0 spiro atoms. The molecule has 8 heteroatoms. The summed E-state index contributed by atoms with van der Waals surface area (Å²) in [5.74, 6) is -2.60. The van der Waals surface area contributed by atoms with Crippen molar-refractivity contribution in [2.24, 2.45) is 0 Å². The number of amides is 1. The second kappa shape index (κ2) is 6.24. The fraction of sp³-hybridized carbons (Fsp3) is 0.0769. The van der Waals surface area contributed by atoms with E-state index in [1.165, 1.54) is 19.2 Å². The molecule has 21 heavy (non-hydrogen) atoms. The molecule has 1 aromatic carbocycles. The van der Waals surface area contributed by atoms with Crippen molar-refractivity contribution in [3.8, 4) is 5.75 Å². The Morgan fingerprint density at radius 2 is 1.67 bits per heavy atom. The molecule has 1 heterocycles. The maximum atomic E-state index is 13.3. The van der Waals surface area contributed by atoms with E-state index in [1.54, 1.807) is 12.1 Å². The number of halogens is 4. The van der Waals surface area contributed by atoms with Gasteiger partial charge in [0.2, 0.25) is 11.9 Å². The lowest BCUT2D eigenvalue weighted by Crippen LogP contribution is -2.14. The second-order valence-electron chi connectivity index (χ2n) is 3.88. The first kappa shape index (κ1) is 15.5. The molecule has 0 saturated heterocycles. The number of hydrogen-bond donors (Lipinski definition) is 1. The molecule has 1 N–H and O–H groups in total. The zero-order valence-corrected chi connectivity index (χ0v) is 12.1. The molecule has 0 aliphatic rings. The van der Waals surface area contributed by atoms with E-state index in [4.69, 9.17) is 27.9 Å². The van der Waals surface area contributed by atoms with Crippen LogP contribution in [0.2, 0.25) is 10.0 Å². The molecule has 2 rings (SSSR count). The number of nitrogens with one attached hydrogen (secondary N) is 1. The third-order valence-corrected chi connectivity index (χ3v) is 3.28. The summed E-state index contributed by atoms with van der Waals surface area (Å²) >= 11 is 11.3. The molecule has 110 valence electrons. The molecule has 0 unspecified atom stereocenters. The molecule has 1 amide bonds. The number of carbonyl (C=O) groups excluding carboxylic acids is 1. The summed E-state index contributed by atoms with van der Waals surface area (Å²) in [5.41, 5.74) is -0.135. The van der Waals surface area contributed by atoms with Crippen molar-refractivity contribution in [1.29, 1.82) is 0 Å². The number of hydrogen-bond acceptors (Lipinski definition) is 3. The standard InChI is InChI=1S/C13H8Cl2F2N2O2/c1-21-7-4-2-6(3-5-7)13(20)18-10-8(14)11(16)19-12(17)9(10)15/h2-5H,1H3,(H,18,19,20). The highest BCUT2D eigenvalue weighted by Gasteiger charge is 2.20. The number of nitrogens with zero attached hydrogens (tertiary/aromatic N) is 1. The summed E-state index contributed by atoms with van der Waals surface area (Å²) in [7, 11) is 1.48. The van der Waals surface area contributed by atoms with Gasteiger partial charge in [0.25, 0.3) is 5.91 Å². The van der Waals surface area contributed by atoms with Crippen molar-refractivity contribution in [2.75, 3.05) is 12.4 Å². The number of methoxy groups -OCH3 is 1. The van der Waals surface area contributed by atoms with Crippen molar-refractivity contribution >= 4 is 34.8 Å². The maximum Gasteiger partial charge on any atom is 0.255 e. The van der Waals surface area contributed by atoms with Gasteiger partial charge in [-0.1, -0.05) is 23.2 Å². The Labute approximate surface area is 128 Å². The lowest BCUT2D eigenvalue weighted by atomic mass is 10.2. The van der Waals surface area contributed by atoms with Gasteiger partial charge in [0.1, 0.15) is 15.8 Å². The van der Waals surface area contributed by atoms with Crippen molar-refractivity contribution in [3.05, 3.63) is 51.8 Å². The number of ether oxygens (including phenoxy) is 1. The highest BCUT2D eigenvalue weighted by atomic mass is 35.5. The van der Waals surface area contributed by atoms with E-state index in [9.17, 15) is 13.6 Å². The highest BCUT2D eigenvalue weighted by molar-refractivity contribution is 6.39. The molecule has 0 bridgehead atoms. The topological polar surface area (TPSA) is 51.2 Å². The molecule has 0 aliphatic carbocycles. The third-order valence-electron chi connectivity index (χ3n) is 2.59. The Balaban J connectivity index is 2.31. The van der Waals surface area contributed by atoms with Gasteiger partial charge in [0.05, 0.1) is 12.8 Å². The predicted molar refractivity (Wildman–Crippen MR) is 75.1 cm³/mol. The first-order valence-electron chi connectivity index (χ1n) is 5.59. The summed E-state index contributed by atoms with van der Waals surface area (Å²) < 4.78 is 31.5. The molecule has 1 aromatic heterocycles. The Morgan fingerprint density at radius 1 is 1.14 bits per heavy atom.